The zero-order chi connectivity index (χ0) is 23.0. The van der Waals surface area contributed by atoms with Gasteiger partial charge in [-0.15, -0.1) is 0 Å². The number of fused-ring (bicyclic) bond motifs is 1. The van der Waals surface area contributed by atoms with Crippen LogP contribution in [0.4, 0.5) is 5.69 Å². The number of aromatic nitrogens is 1. The summed E-state index contributed by atoms with van der Waals surface area (Å²) in [5.74, 6) is -0.840. The van der Waals surface area contributed by atoms with Crippen LogP contribution in [0, 0.1) is 0 Å². The predicted octanol–water partition coefficient (Wildman–Crippen LogP) is 5.14. The van der Waals surface area contributed by atoms with Crippen molar-refractivity contribution in [1.82, 2.24) is 4.57 Å². The van der Waals surface area contributed by atoms with Crippen LogP contribution in [0.15, 0.2) is 97.3 Å². The van der Waals surface area contributed by atoms with Crippen LogP contribution in [0.5, 0.6) is 0 Å². The second-order valence-electron chi connectivity index (χ2n) is 8.10. The fourth-order valence-electron chi connectivity index (χ4n) is 4.31. The Morgan fingerprint density at radius 2 is 1.64 bits per heavy atom. The van der Waals surface area contributed by atoms with Crippen LogP contribution in [0.3, 0.4) is 0 Å². The lowest BCUT2D eigenvalue weighted by Gasteiger charge is -2.23. The van der Waals surface area contributed by atoms with Gasteiger partial charge in [-0.1, -0.05) is 60.1 Å². The van der Waals surface area contributed by atoms with E-state index in [2.05, 4.69) is 0 Å². The van der Waals surface area contributed by atoms with Gasteiger partial charge in [-0.25, -0.2) is 0 Å². The van der Waals surface area contributed by atoms with Gasteiger partial charge in [0.05, 0.1) is 18.7 Å². The van der Waals surface area contributed by atoms with Gasteiger partial charge in [0.1, 0.15) is 0 Å². The van der Waals surface area contributed by atoms with Crippen LogP contribution in [0.2, 0.25) is 5.02 Å². The maximum absolute atomic E-state index is 13.5. The van der Waals surface area contributed by atoms with E-state index in [0.29, 0.717) is 21.8 Å². The molecule has 2 heterocycles. The number of carbonyl (C=O) groups is 2. The van der Waals surface area contributed by atoms with Crippen LogP contribution in [-0.4, -0.2) is 21.4 Å². The van der Waals surface area contributed by atoms with Crippen LogP contribution in [-0.2, 0) is 16.9 Å². The second kappa shape index (κ2) is 8.35. The summed E-state index contributed by atoms with van der Waals surface area (Å²) in [4.78, 5) is 28.2. The smallest absolute Gasteiger partial charge is 0.264 e. The van der Waals surface area contributed by atoms with Crippen molar-refractivity contribution >= 4 is 29.0 Å². The Labute approximate surface area is 196 Å². The summed E-state index contributed by atoms with van der Waals surface area (Å²) in [5.41, 5.74) is 1.09. The Balaban J connectivity index is 1.47. The van der Waals surface area contributed by atoms with Crippen LogP contribution in [0.25, 0.3) is 5.69 Å². The molecule has 1 atom stereocenters. The number of hydrogen-bond acceptors (Lipinski definition) is 3. The number of ketones is 1. The zero-order valence-electron chi connectivity index (χ0n) is 17.7. The van der Waals surface area contributed by atoms with Crippen LogP contribution in [0.1, 0.15) is 27.9 Å². The fraction of sp³-hybridized carbons (Fsp3) is 0.111. The van der Waals surface area contributed by atoms with Gasteiger partial charge in [0.2, 0.25) is 0 Å². The molecule has 4 aromatic rings. The van der Waals surface area contributed by atoms with Crippen molar-refractivity contribution in [1.29, 1.82) is 0 Å². The molecular formula is C27H21ClN2O3. The number of anilines is 1. The van der Waals surface area contributed by atoms with E-state index in [1.807, 2.05) is 53.4 Å². The van der Waals surface area contributed by atoms with Gasteiger partial charge in [0.25, 0.3) is 5.91 Å². The minimum atomic E-state index is -1.95. The highest BCUT2D eigenvalue weighted by atomic mass is 35.5. The number of nitrogens with zero attached hydrogens (tertiary/aromatic N) is 2. The maximum atomic E-state index is 13.5. The van der Waals surface area contributed by atoms with Crippen LogP contribution >= 0.6 is 11.6 Å². The molecule has 5 nitrogen and oxygen atoms in total. The fourth-order valence-corrected chi connectivity index (χ4v) is 4.51. The average molecular weight is 457 g/mol. The summed E-state index contributed by atoms with van der Waals surface area (Å²) in [5, 5.41) is 12.1. The quantitative estimate of drug-likeness (QED) is 0.409. The predicted molar refractivity (Wildman–Crippen MR) is 128 cm³/mol. The summed E-state index contributed by atoms with van der Waals surface area (Å²) >= 11 is 6.31. The van der Waals surface area contributed by atoms with Crippen molar-refractivity contribution in [2.45, 2.75) is 18.6 Å². The highest BCUT2D eigenvalue weighted by molar-refractivity contribution is 6.31. The molecule has 1 amide bonds. The third-order valence-corrected chi connectivity index (χ3v) is 6.38. The van der Waals surface area contributed by atoms with Gasteiger partial charge in [-0.3, -0.25) is 9.59 Å². The van der Waals surface area contributed by atoms with E-state index in [-0.39, 0.29) is 18.7 Å². The van der Waals surface area contributed by atoms with E-state index < -0.39 is 11.5 Å². The van der Waals surface area contributed by atoms with Gasteiger partial charge in [-0.05, 0) is 42.0 Å². The first-order valence-corrected chi connectivity index (χ1v) is 11.0. The first kappa shape index (κ1) is 21.2. The number of benzene rings is 3. The molecule has 6 heteroatoms. The Kier molecular flexibility index (Phi) is 5.36. The standard InChI is InChI=1S/C27H21ClN2O3/c28-23-12-3-1-8-20(23)18-30-24-13-4-2-11-22(24)27(33,26(30)32)17-25(31)19-9-7-10-21(16-19)29-14-5-6-15-29/h1-16,33H,17-18H2/t27-/m0/s1. The molecule has 1 aliphatic heterocycles. The number of rotatable bonds is 6. The first-order chi connectivity index (χ1) is 16.0. The number of halogens is 1. The Morgan fingerprint density at radius 1 is 0.909 bits per heavy atom. The molecule has 0 spiro atoms. The van der Waals surface area contributed by atoms with E-state index in [0.717, 1.165) is 11.3 Å². The number of Topliss-reactive ketones (excluding diaryl/α,β-unsaturated/α-hetero) is 1. The molecule has 1 aliphatic rings. The number of para-hydroxylation sites is 1. The molecule has 0 saturated heterocycles. The molecular weight excluding hydrogens is 436 g/mol. The average Bonchev–Trinajstić information content (AvgIpc) is 3.44. The number of aliphatic hydroxyl groups is 1. The van der Waals surface area contributed by atoms with Crippen molar-refractivity contribution in [2.24, 2.45) is 0 Å². The normalized spacial score (nSPS) is 17.3. The summed E-state index contributed by atoms with van der Waals surface area (Å²) in [6.45, 7) is 0.204. The second-order valence-corrected chi connectivity index (χ2v) is 8.51. The van der Waals surface area contributed by atoms with Gasteiger partial charge in [-0.2, -0.15) is 0 Å². The molecule has 0 fully saturated rings. The monoisotopic (exact) mass is 456 g/mol. The largest absolute Gasteiger partial charge is 0.375 e. The van der Waals surface area contributed by atoms with Gasteiger partial charge in [0.15, 0.2) is 11.4 Å². The van der Waals surface area contributed by atoms with E-state index in [1.54, 1.807) is 48.5 Å². The SMILES string of the molecule is O=C(C[C@@]1(O)C(=O)N(Cc2ccccc2Cl)c2ccccc21)c1cccc(-n2cccc2)c1. The molecule has 1 aromatic heterocycles. The third-order valence-electron chi connectivity index (χ3n) is 6.01. The molecule has 5 rings (SSSR count). The Hall–Kier alpha value is -3.67. The van der Waals surface area contributed by atoms with E-state index >= 15 is 0 Å². The van der Waals surface area contributed by atoms with Gasteiger partial charge < -0.3 is 14.6 Å². The topological polar surface area (TPSA) is 62.5 Å². The summed E-state index contributed by atoms with van der Waals surface area (Å²) in [6, 6.07) is 25.3. The van der Waals surface area contributed by atoms with E-state index in [1.165, 1.54) is 4.90 Å². The molecule has 0 aliphatic carbocycles. The highest BCUT2D eigenvalue weighted by Crippen LogP contribution is 2.43. The molecule has 33 heavy (non-hydrogen) atoms. The molecule has 3 aromatic carbocycles. The number of amides is 1. The summed E-state index contributed by atoms with van der Waals surface area (Å²) < 4.78 is 1.90. The van der Waals surface area contributed by atoms with Crippen LogP contribution < -0.4 is 4.90 Å². The minimum absolute atomic E-state index is 0.204. The van der Waals surface area contributed by atoms with Crippen molar-refractivity contribution in [3.05, 3.63) is 119 Å². The molecule has 0 bridgehead atoms. The molecule has 0 unspecified atom stereocenters. The lowest BCUT2D eigenvalue weighted by molar-refractivity contribution is -0.136. The highest BCUT2D eigenvalue weighted by Gasteiger charge is 2.50. The third kappa shape index (κ3) is 3.75. The lowest BCUT2D eigenvalue weighted by Crippen LogP contribution is -2.41. The Morgan fingerprint density at radius 3 is 2.42 bits per heavy atom. The number of hydrogen-bond donors (Lipinski definition) is 1. The maximum Gasteiger partial charge on any atom is 0.264 e. The van der Waals surface area contributed by atoms with E-state index in [9.17, 15) is 14.7 Å². The van der Waals surface area contributed by atoms with Crippen molar-refractivity contribution in [2.75, 3.05) is 4.90 Å². The summed E-state index contributed by atoms with van der Waals surface area (Å²) in [7, 11) is 0. The minimum Gasteiger partial charge on any atom is -0.375 e. The molecule has 164 valence electrons. The molecule has 0 saturated carbocycles. The molecule has 0 radical (unpaired) electrons. The van der Waals surface area contributed by atoms with Crippen molar-refractivity contribution in [3.63, 3.8) is 0 Å². The van der Waals surface area contributed by atoms with Crippen molar-refractivity contribution in [3.8, 4) is 5.69 Å². The summed E-state index contributed by atoms with van der Waals surface area (Å²) in [6.07, 6.45) is 3.43. The first-order valence-electron chi connectivity index (χ1n) is 10.6. The molecule has 1 N–H and O–H groups in total. The number of carbonyl (C=O) groups excluding carboxylic acids is 2. The zero-order valence-corrected chi connectivity index (χ0v) is 18.4. The van der Waals surface area contributed by atoms with E-state index in [4.69, 9.17) is 11.6 Å². The van der Waals surface area contributed by atoms with Gasteiger partial charge in [0, 0.05) is 34.2 Å². The Bertz CT molecular complexity index is 1350. The van der Waals surface area contributed by atoms with Crippen molar-refractivity contribution < 1.29 is 14.7 Å². The lowest BCUT2D eigenvalue weighted by atomic mass is 9.88. The van der Waals surface area contributed by atoms with Gasteiger partial charge >= 0.3 is 0 Å².